The lowest BCUT2D eigenvalue weighted by Crippen LogP contribution is -2.17. The highest BCUT2D eigenvalue weighted by molar-refractivity contribution is 9.10. The first-order chi connectivity index (χ1) is 12.5. The van der Waals surface area contributed by atoms with Crippen LogP contribution in [0.2, 0.25) is 5.02 Å². The minimum Gasteiger partial charge on any atom is -0.465 e. The van der Waals surface area contributed by atoms with Crippen molar-refractivity contribution in [1.82, 2.24) is 0 Å². The van der Waals surface area contributed by atoms with Crippen molar-refractivity contribution in [2.45, 2.75) is 6.36 Å². The number of hydrogen-bond donors (Lipinski definition) is 1. The molecule has 0 saturated carbocycles. The maximum absolute atomic E-state index is 12.4. The zero-order valence-electron chi connectivity index (χ0n) is 13.3. The van der Waals surface area contributed by atoms with Crippen LogP contribution in [-0.4, -0.2) is 24.4 Å². The minimum absolute atomic E-state index is 0.0166. The maximum Gasteiger partial charge on any atom is 0.573 e. The normalized spacial score (nSPS) is 11.0. The molecule has 0 unspecified atom stereocenters. The van der Waals surface area contributed by atoms with Crippen molar-refractivity contribution in [3.63, 3.8) is 0 Å². The van der Waals surface area contributed by atoms with Crippen LogP contribution in [0, 0.1) is 10.1 Å². The third-order valence-electron chi connectivity index (χ3n) is 3.13. The number of carbonyl (C=O) groups is 1. The fourth-order valence-electron chi connectivity index (χ4n) is 2.05. The van der Waals surface area contributed by atoms with Gasteiger partial charge in [-0.15, -0.1) is 13.2 Å². The molecule has 2 aromatic rings. The second-order valence-electron chi connectivity index (χ2n) is 4.91. The largest absolute Gasteiger partial charge is 0.573 e. The standard InChI is InChI=1S/C15H9BrClF3N2O5/c1-26-14(23)8-3-2-7(17)4-10(8)21-11-5-9(16)13(27-15(18,19)20)6-12(11)22(24)25/h2-6,21H,1H3. The van der Waals surface area contributed by atoms with Crippen LogP contribution in [-0.2, 0) is 4.74 Å². The van der Waals surface area contributed by atoms with Crippen LogP contribution in [0.5, 0.6) is 5.75 Å². The van der Waals surface area contributed by atoms with E-state index in [9.17, 15) is 28.1 Å². The first-order valence-electron chi connectivity index (χ1n) is 6.90. The van der Waals surface area contributed by atoms with Crippen LogP contribution in [0.25, 0.3) is 0 Å². The number of nitro groups is 1. The van der Waals surface area contributed by atoms with Crippen LogP contribution in [0.3, 0.4) is 0 Å². The summed E-state index contributed by atoms with van der Waals surface area (Å²) >= 11 is 8.75. The fourth-order valence-corrected chi connectivity index (χ4v) is 2.65. The Balaban J connectivity index is 2.54. The van der Waals surface area contributed by atoms with E-state index in [2.05, 4.69) is 30.7 Å². The van der Waals surface area contributed by atoms with Gasteiger partial charge in [0.25, 0.3) is 5.69 Å². The van der Waals surface area contributed by atoms with Crippen molar-refractivity contribution in [1.29, 1.82) is 0 Å². The van der Waals surface area contributed by atoms with E-state index in [1.54, 1.807) is 0 Å². The zero-order valence-corrected chi connectivity index (χ0v) is 15.6. The first kappa shape index (κ1) is 20.8. The Bertz CT molecular complexity index is 908. The highest BCUT2D eigenvalue weighted by Crippen LogP contribution is 2.40. The number of anilines is 2. The molecule has 0 amide bonds. The number of halogens is 5. The van der Waals surface area contributed by atoms with Gasteiger partial charge in [0.15, 0.2) is 5.75 Å². The van der Waals surface area contributed by atoms with E-state index in [0.717, 1.165) is 13.2 Å². The predicted octanol–water partition coefficient (Wildman–Crippen LogP) is 5.44. The molecule has 0 heterocycles. The number of alkyl halides is 3. The highest BCUT2D eigenvalue weighted by atomic mass is 79.9. The maximum atomic E-state index is 12.4. The number of rotatable bonds is 5. The molecule has 0 atom stereocenters. The lowest BCUT2D eigenvalue weighted by molar-refractivity contribution is -0.384. The molecular formula is C15H9BrClF3N2O5. The number of nitrogens with one attached hydrogen (secondary N) is 1. The first-order valence-corrected chi connectivity index (χ1v) is 8.07. The summed E-state index contributed by atoms with van der Waals surface area (Å²) in [6.07, 6.45) is -5.03. The summed E-state index contributed by atoms with van der Waals surface area (Å²) in [6, 6.07) is 5.66. The Kier molecular flexibility index (Phi) is 6.16. The molecule has 2 aromatic carbocycles. The molecule has 0 spiro atoms. The lowest BCUT2D eigenvalue weighted by atomic mass is 10.1. The van der Waals surface area contributed by atoms with E-state index in [4.69, 9.17) is 11.6 Å². The van der Waals surface area contributed by atoms with Gasteiger partial charge in [-0.3, -0.25) is 10.1 Å². The number of ether oxygens (including phenoxy) is 2. The molecule has 0 fully saturated rings. The van der Waals surface area contributed by atoms with Gasteiger partial charge >= 0.3 is 12.3 Å². The second kappa shape index (κ2) is 8.01. The van der Waals surface area contributed by atoms with Gasteiger partial charge in [-0.2, -0.15) is 0 Å². The van der Waals surface area contributed by atoms with Gasteiger partial charge in [-0.05, 0) is 40.2 Å². The summed E-state index contributed by atoms with van der Waals surface area (Å²) in [5, 5.41) is 14.1. The zero-order chi connectivity index (χ0) is 20.4. The van der Waals surface area contributed by atoms with Gasteiger partial charge in [0.2, 0.25) is 0 Å². The number of hydrogen-bond acceptors (Lipinski definition) is 6. The molecule has 0 radical (unpaired) electrons. The number of nitro benzene ring substituents is 1. The van der Waals surface area contributed by atoms with Crippen LogP contribution in [0.4, 0.5) is 30.2 Å². The average molecular weight is 470 g/mol. The van der Waals surface area contributed by atoms with Crippen molar-refractivity contribution in [2.75, 3.05) is 12.4 Å². The summed E-state index contributed by atoms with van der Waals surface area (Å²) in [4.78, 5) is 22.2. The van der Waals surface area contributed by atoms with Gasteiger partial charge in [0, 0.05) is 5.02 Å². The van der Waals surface area contributed by atoms with E-state index in [1.165, 1.54) is 18.2 Å². The van der Waals surface area contributed by atoms with Gasteiger partial charge in [-0.1, -0.05) is 11.6 Å². The smallest absolute Gasteiger partial charge is 0.465 e. The molecule has 2 rings (SSSR count). The van der Waals surface area contributed by atoms with E-state index in [0.29, 0.717) is 6.07 Å². The molecule has 7 nitrogen and oxygen atoms in total. The minimum atomic E-state index is -5.03. The van der Waals surface area contributed by atoms with Crippen molar-refractivity contribution in [3.8, 4) is 5.75 Å². The molecule has 0 bridgehead atoms. The molecule has 27 heavy (non-hydrogen) atoms. The van der Waals surface area contributed by atoms with Crippen LogP contribution in [0.15, 0.2) is 34.8 Å². The van der Waals surface area contributed by atoms with E-state index >= 15 is 0 Å². The Hall–Kier alpha value is -2.53. The molecule has 0 aromatic heterocycles. The molecular weight excluding hydrogens is 461 g/mol. The fraction of sp³-hybridized carbons (Fsp3) is 0.133. The quantitative estimate of drug-likeness (QED) is 0.356. The van der Waals surface area contributed by atoms with E-state index in [-0.39, 0.29) is 26.4 Å². The molecule has 0 aliphatic heterocycles. The lowest BCUT2D eigenvalue weighted by Gasteiger charge is -2.14. The number of nitrogens with zero attached hydrogens (tertiary/aromatic N) is 1. The third-order valence-corrected chi connectivity index (χ3v) is 3.98. The second-order valence-corrected chi connectivity index (χ2v) is 6.20. The molecule has 144 valence electrons. The van der Waals surface area contributed by atoms with Crippen molar-refractivity contribution < 1.29 is 32.4 Å². The van der Waals surface area contributed by atoms with Crippen molar-refractivity contribution in [2.24, 2.45) is 0 Å². The number of esters is 1. The number of benzene rings is 2. The monoisotopic (exact) mass is 468 g/mol. The molecule has 0 aliphatic rings. The van der Waals surface area contributed by atoms with Gasteiger partial charge in [0.05, 0.1) is 33.8 Å². The van der Waals surface area contributed by atoms with Crippen LogP contribution < -0.4 is 10.1 Å². The third kappa shape index (κ3) is 5.23. The summed E-state index contributed by atoms with van der Waals surface area (Å²) in [5.41, 5.74) is -0.834. The molecule has 0 aliphatic carbocycles. The summed E-state index contributed by atoms with van der Waals surface area (Å²) < 4.78 is 45.5. The Morgan fingerprint density at radius 2 is 1.93 bits per heavy atom. The molecule has 0 saturated heterocycles. The summed E-state index contributed by atoms with van der Waals surface area (Å²) in [5.74, 6) is -1.54. The summed E-state index contributed by atoms with van der Waals surface area (Å²) in [6.45, 7) is 0. The Morgan fingerprint density at radius 1 is 1.26 bits per heavy atom. The van der Waals surface area contributed by atoms with E-state index in [1.807, 2.05) is 0 Å². The number of methoxy groups -OCH3 is 1. The Labute approximate surface area is 163 Å². The molecule has 12 heteroatoms. The van der Waals surface area contributed by atoms with Crippen molar-refractivity contribution in [3.05, 3.63) is 55.5 Å². The molecule has 1 N–H and O–H groups in total. The average Bonchev–Trinajstić information content (AvgIpc) is 2.55. The van der Waals surface area contributed by atoms with Gasteiger partial charge in [-0.25, -0.2) is 4.79 Å². The predicted molar refractivity (Wildman–Crippen MR) is 93.6 cm³/mol. The van der Waals surface area contributed by atoms with Crippen molar-refractivity contribution >= 4 is 50.6 Å². The van der Waals surface area contributed by atoms with Gasteiger partial charge < -0.3 is 14.8 Å². The SMILES string of the molecule is COC(=O)c1ccc(Cl)cc1Nc1cc(Br)c(OC(F)(F)F)cc1[N+](=O)[O-]. The van der Waals surface area contributed by atoms with Crippen LogP contribution in [0.1, 0.15) is 10.4 Å². The Morgan fingerprint density at radius 3 is 2.48 bits per heavy atom. The van der Waals surface area contributed by atoms with Gasteiger partial charge in [0.1, 0.15) is 5.69 Å². The van der Waals surface area contributed by atoms with E-state index < -0.39 is 28.7 Å². The summed E-state index contributed by atoms with van der Waals surface area (Å²) in [7, 11) is 1.14. The topological polar surface area (TPSA) is 90.7 Å². The number of carbonyl (C=O) groups excluding carboxylic acids is 1. The van der Waals surface area contributed by atoms with Crippen LogP contribution >= 0.6 is 27.5 Å². The highest BCUT2D eigenvalue weighted by Gasteiger charge is 2.33.